The van der Waals surface area contributed by atoms with Crippen LogP contribution in [0.2, 0.25) is 0 Å². The van der Waals surface area contributed by atoms with Crippen LogP contribution in [0.4, 0.5) is 11.4 Å². The Balaban J connectivity index is 1.92. The fraction of sp³-hybridized carbons (Fsp3) is 0.188. The van der Waals surface area contributed by atoms with Gasteiger partial charge >= 0.3 is 0 Å². The number of rotatable bonds is 5. The van der Waals surface area contributed by atoms with E-state index in [1.165, 1.54) is 0 Å². The lowest BCUT2D eigenvalue weighted by molar-refractivity contribution is -0.118. The van der Waals surface area contributed by atoms with E-state index in [9.17, 15) is 4.79 Å². The standard InChI is InChI=1S/C16H18N2O2/c1-2-12-6-3-4-9-15(12)20-11-16(19)18-14-8-5-7-13(17)10-14/h3-10H,2,11,17H2,1H3,(H,18,19). The molecule has 4 heteroatoms. The van der Waals surface area contributed by atoms with Crippen LogP contribution in [-0.4, -0.2) is 12.5 Å². The first-order valence-electron chi connectivity index (χ1n) is 6.55. The van der Waals surface area contributed by atoms with Crippen molar-refractivity contribution in [3.8, 4) is 5.75 Å². The molecule has 0 fully saturated rings. The second-order valence-corrected chi connectivity index (χ2v) is 4.42. The molecule has 2 rings (SSSR count). The highest BCUT2D eigenvalue weighted by Crippen LogP contribution is 2.18. The number of para-hydroxylation sites is 1. The highest BCUT2D eigenvalue weighted by Gasteiger charge is 2.06. The van der Waals surface area contributed by atoms with Crippen molar-refractivity contribution < 1.29 is 9.53 Å². The molecule has 0 bridgehead atoms. The maximum Gasteiger partial charge on any atom is 0.262 e. The van der Waals surface area contributed by atoms with Crippen molar-refractivity contribution >= 4 is 17.3 Å². The molecule has 1 amide bonds. The lowest BCUT2D eigenvalue weighted by atomic mass is 10.1. The number of carbonyl (C=O) groups excluding carboxylic acids is 1. The molecule has 0 aromatic heterocycles. The van der Waals surface area contributed by atoms with E-state index in [0.29, 0.717) is 11.4 Å². The Morgan fingerprint density at radius 2 is 2.00 bits per heavy atom. The van der Waals surface area contributed by atoms with E-state index < -0.39 is 0 Å². The van der Waals surface area contributed by atoms with Crippen LogP contribution < -0.4 is 15.8 Å². The van der Waals surface area contributed by atoms with Gasteiger partial charge < -0.3 is 15.8 Å². The van der Waals surface area contributed by atoms with E-state index in [0.717, 1.165) is 17.7 Å². The maximum absolute atomic E-state index is 11.8. The van der Waals surface area contributed by atoms with Crippen molar-refractivity contribution in [1.82, 2.24) is 0 Å². The second kappa shape index (κ2) is 6.61. The summed E-state index contributed by atoms with van der Waals surface area (Å²) in [6.07, 6.45) is 0.868. The Morgan fingerprint density at radius 1 is 1.20 bits per heavy atom. The summed E-state index contributed by atoms with van der Waals surface area (Å²) in [5.41, 5.74) is 8.02. The first-order valence-corrected chi connectivity index (χ1v) is 6.55. The van der Waals surface area contributed by atoms with Crippen molar-refractivity contribution in [3.63, 3.8) is 0 Å². The molecule has 4 nitrogen and oxygen atoms in total. The largest absolute Gasteiger partial charge is 0.483 e. The SMILES string of the molecule is CCc1ccccc1OCC(=O)Nc1cccc(N)c1. The monoisotopic (exact) mass is 270 g/mol. The Kier molecular flexibility index (Phi) is 4.60. The summed E-state index contributed by atoms with van der Waals surface area (Å²) in [5, 5.41) is 2.75. The smallest absolute Gasteiger partial charge is 0.262 e. The van der Waals surface area contributed by atoms with Crippen LogP contribution in [0.5, 0.6) is 5.75 Å². The maximum atomic E-state index is 11.8. The summed E-state index contributed by atoms with van der Waals surface area (Å²) in [6, 6.07) is 14.8. The fourth-order valence-electron chi connectivity index (χ4n) is 1.89. The minimum Gasteiger partial charge on any atom is -0.483 e. The molecular weight excluding hydrogens is 252 g/mol. The van der Waals surface area contributed by atoms with E-state index in [1.807, 2.05) is 24.3 Å². The summed E-state index contributed by atoms with van der Waals surface area (Å²) in [6.45, 7) is 2.03. The summed E-state index contributed by atoms with van der Waals surface area (Å²) in [7, 11) is 0. The first-order chi connectivity index (χ1) is 9.69. The number of nitrogens with two attached hydrogens (primary N) is 1. The number of nitrogens with one attached hydrogen (secondary N) is 1. The third-order valence-corrected chi connectivity index (χ3v) is 2.88. The molecule has 0 saturated carbocycles. The van der Waals surface area contributed by atoms with E-state index in [4.69, 9.17) is 10.5 Å². The molecule has 0 aliphatic rings. The molecule has 0 aliphatic heterocycles. The minimum atomic E-state index is -0.207. The Morgan fingerprint density at radius 3 is 2.75 bits per heavy atom. The van der Waals surface area contributed by atoms with Gasteiger partial charge in [0, 0.05) is 11.4 Å². The van der Waals surface area contributed by atoms with Gasteiger partial charge in [-0.05, 0) is 36.2 Å². The average Bonchev–Trinajstić information content (AvgIpc) is 2.45. The van der Waals surface area contributed by atoms with Crippen LogP contribution in [0.3, 0.4) is 0 Å². The third kappa shape index (κ3) is 3.75. The molecule has 2 aromatic carbocycles. The van der Waals surface area contributed by atoms with Gasteiger partial charge in [-0.3, -0.25) is 4.79 Å². The summed E-state index contributed by atoms with van der Waals surface area (Å²) in [5.74, 6) is 0.541. The van der Waals surface area contributed by atoms with Crippen molar-refractivity contribution in [2.75, 3.05) is 17.7 Å². The minimum absolute atomic E-state index is 0.0220. The molecule has 2 aromatic rings. The van der Waals surface area contributed by atoms with Crippen molar-refractivity contribution in [2.45, 2.75) is 13.3 Å². The van der Waals surface area contributed by atoms with E-state index in [-0.39, 0.29) is 12.5 Å². The molecular formula is C16H18N2O2. The van der Waals surface area contributed by atoms with Crippen molar-refractivity contribution in [3.05, 3.63) is 54.1 Å². The number of ether oxygens (including phenoxy) is 1. The van der Waals surface area contributed by atoms with Crippen LogP contribution in [0.25, 0.3) is 0 Å². The summed E-state index contributed by atoms with van der Waals surface area (Å²) < 4.78 is 5.55. The molecule has 0 saturated heterocycles. The van der Waals surface area contributed by atoms with Gasteiger partial charge in [0.25, 0.3) is 5.91 Å². The van der Waals surface area contributed by atoms with Gasteiger partial charge in [0.2, 0.25) is 0 Å². The number of aryl methyl sites for hydroxylation is 1. The zero-order valence-corrected chi connectivity index (χ0v) is 11.4. The number of anilines is 2. The van der Waals surface area contributed by atoms with Crippen LogP contribution in [0, 0.1) is 0 Å². The van der Waals surface area contributed by atoms with Crippen molar-refractivity contribution in [2.24, 2.45) is 0 Å². The van der Waals surface area contributed by atoms with Crippen LogP contribution >= 0.6 is 0 Å². The predicted octanol–water partition coefficient (Wildman–Crippen LogP) is 2.85. The van der Waals surface area contributed by atoms with Gasteiger partial charge in [-0.25, -0.2) is 0 Å². The number of carbonyl (C=O) groups is 1. The molecule has 104 valence electrons. The summed E-state index contributed by atoms with van der Waals surface area (Å²) >= 11 is 0. The molecule has 0 heterocycles. The fourth-order valence-corrected chi connectivity index (χ4v) is 1.89. The van der Waals surface area contributed by atoms with Gasteiger partial charge in [-0.1, -0.05) is 31.2 Å². The number of nitrogen functional groups attached to an aromatic ring is 1. The topological polar surface area (TPSA) is 64.3 Å². The molecule has 3 N–H and O–H groups in total. The predicted molar refractivity (Wildman–Crippen MR) is 80.8 cm³/mol. The Hall–Kier alpha value is -2.49. The number of amides is 1. The Bertz CT molecular complexity index is 597. The third-order valence-electron chi connectivity index (χ3n) is 2.88. The van der Waals surface area contributed by atoms with Gasteiger partial charge in [0.1, 0.15) is 5.75 Å². The van der Waals surface area contributed by atoms with Crippen LogP contribution in [-0.2, 0) is 11.2 Å². The number of benzene rings is 2. The van der Waals surface area contributed by atoms with E-state index in [1.54, 1.807) is 24.3 Å². The molecule has 0 aliphatic carbocycles. The van der Waals surface area contributed by atoms with Gasteiger partial charge in [-0.15, -0.1) is 0 Å². The summed E-state index contributed by atoms with van der Waals surface area (Å²) in [4.78, 5) is 11.8. The van der Waals surface area contributed by atoms with Crippen molar-refractivity contribution in [1.29, 1.82) is 0 Å². The average molecular weight is 270 g/mol. The molecule has 0 atom stereocenters. The molecule has 0 radical (unpaired) electrons. The molecule has 0 spiro atoms. The Labute approximate surface area is 118 Å². The number of hydrogen-bond donors (Lipinski definition) is 2. The quantitative estimate of drug-likeness (QED) is 0.821. The van der Waals surface area contributed by atoms with Gasteiger partial charge in [-0.2, -0.15) is 0 Å². The van der Waals surface area contributed by atoms with Crippen LogP contribution in [0.1, 0.15) is 12.5 Å². The highest BCUT2D eigenvalue weighted by molar-refractivity contribution is 5.92. The number of hydrogen-bond acceptors (Lipinski definition) is 3. The molecule has 0 unspecified atom stereocenters. The zero-order chi connectivity index (χ0) is 14.4. The highest BCUT2D eigenvalue weighted by atomic mass is 16.5. The van der Waals surface area contributed by atoms with E-state index in [2.05, 4.69) is 12.2 Å². The zero-order valence-electron chi connectivity index (χ0n) is 11.4. The van der Waals surface area contributed by atoms with E-state index >= 15 is 0 Å². The van der Waals surface area contributed by atoms with Gasteiger partial charge in [0.15, 0.2) is 6.61 Å². The van der Waals surface area contributed by atoms with Gasteiger partial charge in [0.05, 0.1) is 0 Å². The molecule has 20 heavy (non-hydrogen) atoms. The van der Waals surface area contributed by atoms with Crippen LogP contribution in [0.15, 0.2) is 48.5 Å². The normalized spacial score (nSPS) is 10.1. The lowest BCUT2D eigenvalue weighted by Crippen LogP contribution is -2.20. The first kappa shape index (κ1) is 13.9. The lowest BCUT2D eigenvalue weighted by Gasteiger charge is -2.10. The second-order valence-electron chi connectivity index (χ2n) is 4.42.